The summed E-state index contributed by atoms with van der Waals surface area (Å²) in [5.41, 5.74) is 1.73. The van der Waals surface area contributed by atoms with Gasteiger partial charge in [-0.15, -0.1) is 0 Å². The molecule has 1 aliphatic carbocycles. The van der Waals surface area contributed by atoms with Gasteiger partial charge in [-0.1, -0.05) is 19.1 Å². The molecule has 4 aliphatic rings. The highest BCUT2D eigenvalue weighted by Crippen LogP contribution is 2.37. The minimum absolute atomic E-state index is 0.0224. The van der Waals surface area contributed by atoms with Gasteiger partial charge >= 0.3 is 5.69 Å². The number of amides is 3. The zero-order chi connectivity index (χ0) is 45.6. The maximum atomic E-state index is 14.4. The van der Waals surface area contributed by atoms with Crippen molar-refractivity contribution in [2.45, 2.75) is 108 Å². The van der Waals surface area contributed by atoms with Crippen LogP contribution in [0.3, 0.4) is 0 Å². The molecule has 348 valence electrons. The number of hydrogen-bond donors (Lipinski definition) is 2. The SMILES string of the molecule is C[C@H]1CN(c2ccn3ncc(C(=O)Nc4cn(C5CCC(CN6CCC(OCCCc7cccc8c7n(C)c(=O)n8C7CCC(=O)NC7=O)CC6)CC5)nc4C(F)F)c3n2)CC(F)(F)C1. The highest BCUT2D eigenvalue weighted by molar-refractivity contribution is 6.08. The number of imide groups is 1. The van der Waals surface area contributed by atoms with Crippen LogP contribution in [0.1, 0.15) is 111 Å². The molecule has 3 amide bonds. The monoisotopic (exact) mass is 905 g/mol. The van der Waals surface area contributed by atoms with E-state index in [9.17, 15) is 36.7 Å². The van der Waals surface area contributed by atoms with Crippen LogP contribution < -0.4 is 21.2 Å². The molecule has 1 aromatic carbocycles. The molecule has 0 bridgehead atoms. The second-order valence-electron chi connectivity index (χ2n) is 18.4. The smallest absolute Gasteiger partial charge is 0.329 e. The molecule has 1 unspecified atom stereocenters. The van der Waals surface area contributed by atoms with Crippen LogP contribution in [0.15, 0.2) is 47.7 Å². The number of rotatable bonds is 13. The fourth-order valence-corrected chi connectivity index (χ4v) is 10.4. The average Bonchev–Trinajstić information content (AvgIpc) is 3.97. The molecule has 65 heavy (non-hydrogen) atoms. The summed E-state index contributed by atoms with van der Waals surface area (Å²) >= 11 is 0. The number of nitrogens with one attached hydrogen (secondary N) is 2. The topological polar surface area (TPSA) is 166 Å². The number of halogens is 4. The van der Waals surface area contributed by atoms with Crippen molar-refractivity contribution in [2.75, 3.05) is 49.5 Å². The number of piperidine rings is 3. The molecule has 2 atom stereocenters. The summed E-state index contributed by atoms with van der Waals surface area (Å²) in [5.74, 6) is -3.87. The molecule has 0 radical (unpaired) electrons. The van der Waals surface area contributed by atoms with Crippen LogP contribution in [0.25, 0.3) is 16.7 Å². The quantitative estimate of drug-likeness (QED) is 0.0805. The van der Waals surface area contributed by atoms with E-state index in [2.05, 4.69) is 30.7 Å². The number of aryl methyl sites for hydroxylation is 2. The molecule has 16 nitrogen and oxygen atoms in total. The van der Waals surface area contributed by atoms with Crippen LogP contribution in [0.4, 0.5) is 29.1 Å². The van der Waals surface area contributed by atoms with Crippen molar-refractivity contribution in [3.05, 3.63) is 70.2 Å². The number of carbonyl (C=O) groups is 3. The van der Waals surface area contributed by atoms with Gasteiger partial charge in [-0.05, 0) is 87.3 Å². The first kappa shape index (κ1) is 44.6. The average molecular weight is 906 g/mol. The van der Waals surface area contributed by atoms with Gasteiger partial charge in [-0.3, -0.25) is 33.5 Å². The lowest BCUT2D eigenvalue weighted by atomic mass is 9.85. The predicted molar refractivity (Wildman–Crippen MR) is 232 cm³/mol. The van der Waals surface area contributed by atoms with Crippen LogP contribution in [0, 0.1) is 11.8 Å². The van der Waals surface area contributed by atoms with Gasteiger partial charge in [-0.25, -0.2) is 31.9 Å². The van der Waals surface area contributed by atoms with E-state index in [1.807, 2.05) is 18.2 Å². The standard InChI is InChI=1S/C45H55F4N11O5/c1-27-21-45(48,49)26-57(23-27)36-16-19-58-41(52-36)32(22-50-58)42(62)51-33-25-59(54-38(33)40(46)47)30-10-8-28(9-11-30)24-56-17-14-31(15-18-56)65-20-4-6-29-5-3-7-34-39(29)55(2)44(64)60(34)35-12-13-37(61)53-43(35)63/h3,5,7,16,19,22,25,27-28,30-31,35,40H,4,6,8-15,17-18,20-21,23-24,26H2,1-2H3,(H,51,62)(H,53,61,63)/t27-,28?,30?,35?/m1/s1. The van der Waals surface area contributed by atoms with E-state index in [1.165, 1.54) is 32.6 Å². The van der Waals surface area contributed by atoms with Crippen molar-refractivity contribution in [2.24, 2.45) is 18.9 Å². The Labute approximate surface area is 372 Å². The van der Waals surface area contributed by atoms with E-state index in [0.717, 1.165) is 75.7 Å². The Morgan fingerprint density at radius 2 is 1.83 bits per heavy atom. The number of aromatic nitrogens is 7. The van der Waals surface area contributed by atoms with Crippen molar-refractivity contribution in [1.82, 2.24) is 43.7 Å². The molecule has 2 N–H and O–H groups in total. The van der Waals surface area contributed by atoms with E-state index in [4.69, 9.17) is 4.74 Å². The Kier molecular flexibility index (Phi) is 12.6. The minimum atomic E-state index is -2.93. The lowest BCUT2D eigenvalue weighted by Crippen LogP contribution is -2.46. The summed E-state index contributed by atoms with van der Waals surface area (Å²) in [6.07, 6.45) is 8.49. The van der Waals surface area contributed by atoms with Crippen LogP contribution in [0.2, 0.25) is 0 Å². The summed E-state index contributed by atoms with van der Waals surface area (Å²) < 4.78 is 69.7. The van der Waals surface area contributed by atoms with Crippen molar-refractivity contribution >= 4 is 45.9 Å². The van der Waals surface area contributed by atoms with Gasteiger partial charge in [-0.2, -0.15) is 10.2 Å². The third-order valence-corrected chi connectivity index (χ3v) is 13.6. The molecule has 3 saturated heterocycles. The Bertz CT molecular complexity index is 2620. The Morgan fingerprint density at radius 3 is 2.57 bits per heavy atom. The number of carbonyl (C=O) groups excluding carboxylic acids is 3. The first-order valence-corrected chi connectivity index (χ1v) is 22.7. The fourth-order valence-electron chi connectivity index (χ4n) is 10.4. The maximum absolute atomic E-state index is 14.4. The lowest BCUT2D eigenvalue weighted by Gasteiger charge is -2.36. The third-order valence-electron chi connectivity index (χ3n) is 13.6. The Balaban J connectivity index is 0.735. The van der Waals surface area contributed by atoms with E-state index >= 15 is 0 Å². The number of ether oxygens (including phenoxy) is 1. The van der Waals surface area contributed by atoms with E-state index < -0.39 is 42.4 Å². The number of benzene rings is 1. The molecule has 4 aromatic heterocycles. The normalized spacial score (nSPS) is 23.5. The van der Waals surface area contributed by atoms with Crippen LogP contribution in [-0.2, 0) is 27.8 Å². The number of para-hydroxylation sites is 1. The molecule has 5 aromatic rings. The molecular weight excluding hydrogens is 851 g/mol. The van der Waals surface area contributed by atoms with Gasteiger partial charge in [0.25, 0.3) is 18.3 Å². The maximum Gasteiger partial charge on any atom is 0.329 e. The number of hydrogen-bond acceptors (Lipinski definition) is 10. The fraction of sp³-hybridized carbons (Fsp3) is 0.578. The number of anilines is 2. The Morgan fingerprint density at radius 1 is 1.05 bits per heavy atom. The summed E-state index contributed by atoms with van der Waals surface area (Å²) in [6, 6.07) is 6.49. The number of fused-ring (bicyclic) bond motifs is 2. The van der Waals surface area contributed by atoms with Crippen molar-refractivity contribution in [1.29, 1.82) is 0 Å². The second-order valence-corrected chi connectivity index (χ2v) is 18.4. The third kappa shape index (κ3) is 9.41. The molecule has 3 aliphatic heterocycles. The molecule has 4 fully saturated rings. The van der Waals surface area contributed by atoms with Gasteiger partial charge < -0.3 is 19.9 Å². The molecule has 1 saturated carbocycles. The number of likely N-dealkylation sites (tertiary alicyclic amines) is 1. The summed E-state index contributed by atoms with van der Waals surface area (Å²) in [6.45, 7) is 5.04. The van der Waals surface area contributed by atoms with E-state index in [1.54, 1.807) is 29.3 Å². The highest BCUT2D eigenvalue weighted by Gasteiger charge is 2.39. The lowest BCUT2D eigenvalue weighted by molar-refractivity contribution is -0.135. The van der Waals surface area contributed by atoms with E-state index in [-0.39, 0.29) is 71.6 Å². The van der Waals surface area contributed by atoms with Gasteiger partial charge in [0.15, 0.2) is 11.3 Å². The number of alkyl halides is 4. The van der Waals surface area contributed by atoms with Gasteiger partial charge in [0.1, 0.15) is 17.4 Å². The van der Waals surface area contributed by atoms with Crippen molar-refractivity contribution in [3.63, 3.8) is 0 Å². The van der Waals surface area contributed by atoms with Crippen molar-refractivity contribution in [3.8, 4) is 0 Å². The molecule has 20 heteroatoms. The molecule has 7 heterocycles. The summed E-state index contributed by atoms with van der Waals surface area (Å²) in [7, 11) is 1.71. The van der Waals surface area contributed by atoms with Gasteiger partial charge in [0.05, 0.1) is 41.6 Å². The highest BCUT2D eigenvalue weighted by atomic mass is 19.3. The van der Waals surface area contributed by atoms with Gasteiger partial charge in [0.2, 0.25) is 11.8 Å². The molecular formula is C45H55F4N11O5. The largest absolute Gasteiger partial charge is 0.378 e. The van der Waals surface area contributed by atoms with Crippen LogP contribution >= 0.6 is 0 Å². The van der Waals surface area contributed by atoms with Crippen LogP contribution in [-0.4, -0.2) is 107 Å². The number of imidazole rings is 1. The first-order valence-electron chi connectivity index (χ1n) is 22.7. The predicted octanol–water partition coefficient (Wildman–Crippen LogP) is 6.07. The zero-order valence-corrected chi connectivity index (χ0v) is 36.6. The summed E-state index contributed by atoms with van der Waals surface area (Å²) in [4.78, 5) is 59.6. The zero-order valence-electron chi connectivity index (χ0n) is 36.6. The first-order chi connectivity index (χ1) is 31.2. The molecule has 9 rings (SSSR count). The second kappa shape index (κ2) is 18.3. The van der Waals surface area contributed by atoms with Crippen LogP contribution in [0.5, 0.6) is 0 Å². The summed E-state index contributed by atoms with van der Waals surface area (Å²) in [5, 5.41) is 13.4. The number of nitrogens with zero attached hydrogens (tertiary/aromatic N) is 9. The van der Waals surface area contributed by atoms with Crippen molar-refractivity contribution < 1.29 is 36.7 Å². The molecule has 0 spiro atoms. The van der Waals surface area contributed by atoms with E-state index in [0.29, 0.717) is 31.0 Å². The van der Waals surface area contributed by atoms with Gasteiger partial charge in [0, 0.05) is 65.1 Å². The Hall–Kier alpha value is -5.63. The minimum Gasteiger partial charge on any atom is -0.378 e.